The number of anilines is 1. The molecular weight excluding hydrogens is 316 g/mol. The largest absolute Gasteiger partial charge is 0.496 e. The van der Waals surface area contributed by atoms with Crippen LogP contribution in [0.2, 0.25) is 0 Å². The van der Waals surface area contributed by atoms with E-state index in [4.69, 9.17) is 4.74 Å². The average molecular weight is 335 g/mol. The van der Waals surface area contributed by atoms with Crippen LogP contribution in [-0.2, 0) is 6.54 Å². The number of ether oxygens (including phenoxy) is 1. The van der Waals surface area contributed by atoms with Gasteiger partial charge in [-0.2, -0.15) is 0 Å². The number of benzene rings is 1. The van der Waals surface area contributed by atoms with Crippen LogP contribution in [0.4, 0.5) is 5.82 Å². The third-order valence-corrected chi connectivity index (χ3v) is 3.68. The van der Waals surface area contributed by atoms with Gasteiger partial charge < -0.3 is 9.64 Å². The molecule has 20 heavy (non-hydrogen) atoms. The predicted molar refractivity (Wildman–Crippen MR) is 86.5 cm³/mol. The summed E-state index contributed by atoms with van der Waals surface area (Å²) in [5.74, 6) is 1.90. The molecule has 4 heteroatoms. The molecule has 0 spiro atoms. The second-order valence-corrected chi connectivity index (χ2v) is 5.88. The predicted octanol–water partition coefficient (Wildman–Crippen LogP) is 4.11. The van der Waals surface area contributed by atoms with Crippen LogP contribution in [0.25, 0.3) is 0 Å². The van der Waals surface area contributed by atoms with Crippen LogP contribution < -0.4 is 9.64 Å². The standard InChI is InChI=1S/C16H19BrN2O/c1-11-7-12(2)16(20-4)13(8-11)10-19(3)15-6-5-14(17)9-18-15/h5-9H,10H2,1-4H3. The Kier molecular flexibility index (Phi) is 4.65. The van der Waals surface area contributed by atoms with Crippen LogP contribution in [0.3, 0.4) is 0 Å². The maximum atomic E-state index is 5.53. The first-order chi connectivity index (χ1) is 9.51. The van der Waals surface area contributed by atoms with Gasteiger partial charge in [0.15, 0.2) is 0 Å². The Hall–Kier alpha value is -1.55. The van der Waals surface area contributed by atoms with E-state index in [1.807, 2.05) is 25.4 Å². The molecule has 0 unspecified atom stereocenters. The Morgan fingerprint density at radius 3 is 2.60 bits per heavy atom. The molecular formula is C16H19BrN2O. The molecule has 0 aliphatic carbocycles. The van der Waals surface area contributed by atoms with Gasteiger partial charge in [0.2, 0.25) is 0 Å². The molecule has 0 atom stereocenters. The van der Waals surface area contributed by atoms with Gasteiger partial charge in [0.05, 0.1) is 7.11 Å². The van der Waals surface area contributed by atoms with E-state index in [9.17, 15) is 0 Å². The molecule has 106 valence electrons. The molecule has 0 fully saturated rings. The monoisotopic (exact) mass is 334 g/mol. The van der Waals surface area contributed by atoms with E-state index in [-0.39, 0.29) is 0 Å². The second-order valence-electron chi connectivity index (χ2n) is 4.96. The fraction of sp³-hybridized carbons (Fsp3) is 0.312. The minimum atomic E-state index is 0.764. The molecule has 0 N–H and O–H groups in total. The van der Waals surface area contributed by atoms with Crippen molar-refractivity contribution in [3.05, 3.63) is 51.6 Å². The lowest BCUT2D eigenvalue weighted by Gasteiger charge is -2.21. The number of aromatic nitrogens is 1. The molecule has 1 heterocycles. The third-order valence-electron chi connectivity index (χ3n) is 3.21. The molecule has 1 aromatic heterocycles. The minimum Gasteiger partial charge on any atom is -0.496 e. The summed E-state index contributed by atoms with van der Waals surface area (Å²) in [6, 6.07) is 8.30. The molecule has 0 saturated heterocycles. The van der Waals surface area contributed by atoms with Gasteiger partial charge in [-0.05, 0) is 47.5 Å². The topological polar surface area (TPSA) is 25.4 Å². The molecule has 0 aliphatic heterocycles. The second kappa shape index (κ2) is 6.27. The van der Waals surface area contributed by atoms with Crippen LogP contribution >= 0.6 is 15.9 Å². The summed E-state index contributed by atoms with van der Waals surface area (Å²) >= 11 is 3.40. The van der Waals surface area contributed by atoms with E-state index in [1.165, 1.54) is 16.7 Å². The van der Waals surface area contributed by atoms with E-state index in [0.29, 0.717) is 0 Å². The highest BCUT2D eigenvalue weighted by atomic mass is 79.9. The first-order valence-corrected chi connectivity index (χ1v) is 7.27. The zero-order chi connectivity index (χ0) is 14.7. The van der Waals surface area contributed by atoms with Crippen LogP contribution in [0.5, 0.6) is 5.75 Å². The first-order valence-electron chi connectivity index (χ1n) is 6.48. The van der Waals surface area contributed by atoms with Crippen molar-refractivity contribution >= 4 is 21.7 Å². The van der Waals surface area contributed by atoms with Crippen molar-refractivity contribution in [2.45, 2.75) is 20.4 Å². The Balaban J connectivity index is 2.27. The van der Waals surface area contributed by atoms with Crippen LogP contribution in [0.1, 0.15) is 16.7 Å². The zero-order valence-electron chi connectivity index (χ0n) is 12.3. The van der Waals surface area contributed by atoms with E-state index in [0.717, 1.165) is 22.6 Å². The molecule has 0 radical (unpaired) electrons. The Morgan fingerprint density at radius 2 is 2.00 bits per heavy atom. The molecule has 0 aliphatic rings. The van der Waals surface area contributed by atoms with E-state index in [2.05, 4.69) is 51.8 Å². The van der Waals surface area contributed by atoms with E-state index < -0.39 is 0 Å². The number of halogens is 1. The number of nitrogens with zero attached hydrogens (tertiary/aromatic N) is 2. The summed E-state index contributed by atoms with van der Waals surface area (Å²) in [5, 5.41) is 0. The highest BCUT2D eigenvalue weighted by Crippen LogP contribution is 2.27. The molecule has 2 aromatic rings. The number of hydrogen-bond donors (Lipinski definition) is 0. The van der Waals surface area contributed by atoms with Gasteiger partial charge in [-0.3, -0.25) is 0 Å². The summed E-state index contributed by atoms with van der Waals surface area (Å²) in [4.78, 5) is 6.53. The molecule has 0 saturated carbocycles. The van der Waals surface area contributed by atoms with Gasteiger partial charge in [0, 0.05) is 29.8 Å². The maximum Gasteiger partial charge on any atom is 0.128 e. The number of aryl methyl sites for hydroxylation is 2. The van der Waals surface area contributed by atoms with Crippen LogP contribution in [0, 0.1) is 13.8 Å². The Morgan fingerprint density at radius 1 is 1.25 bits per heavy atom. The summed E-state index contributed by atoms with van der Waals surface area (Å²) < 4.78 is 6.52. The molecule has 0 amide bonds. The number of rotatable bonds is 4. The summed E-state index contributed by atoms with van der Waals surface area (Å²) in [7, 11) is 3.76. The summed E-state index contributed by atoms with van der Waals surface area (Å²) in [5.41, 5.74) is 3.59. The normalized spacial score (nSPS) is 10.4. The SMILES string of the molecule is COc1c(C)cc(C)cc1CN(C)c1ccc(Br)cn1. The van der Waals surface area contributed by atoms with Gasteiger partial charge in [0.25, 0.3) is 0 Å². The van der Waals surface area contributed by atoms with E-state index in [1.54, 1.807) is 7.11 Å². The highest BCUT2D eigenvalue weighted by Gasteiger charge is 2.11. The lowest BCUT2D eigenvalue weighted by Crippen LogP contribution is -2.18. The van der Waals surface area contributed by atoms with Crippen LogP contribution in [0.15, 0.2) is 34.9 Å². The van der Waals surface area contributed by atoms with Gasteiger partial charge >= 0.3 is 0 Å². The van der Waals surface area contributed by atoms with Crippen molar-refractivity contribution in [3.8, 4) is 5.75 Å². The van der Waals surface area contributed by atoms with Gasteiger partial charge in [-0.1, -0.05) is 17.7 Å². The summed E-state index contributed by atoms with van der Waals surface area (Å²) in [6.45, 7) is 4.95. The quantitative estimate of drug-likeness (QED) is 0.841. The third kappa shape index (κ3) is 3.31. The van der Waals surface area contributed by atoms with Crippen molar-refractivity contribution < 1.29 is 4.74 Å². The van der Waals surface area contributed by atoms with Crippen molar-refractivity contribution in [2.24, 2.45) is 0 Å². The minimum absolute atomic E-state index is 0.764. The lowest BCUT2D eigenvalue weighted by atomic mass is 10.1. The Bertz CT molecular complexity index is 596. The first kappa shape index (κ1) is 14.9. The molecule has 0 bridgehead atoms. The smallest absolute Gasteiger partial charge is 0.128 e. The zero-order valence-corrected chi connectivity index (χ0v) is 13.9. The van der Waals surface area contributed by atoms with Gasteiger partial charge in [-0.25, -0.2) is 4.98 Å². The molecule has 1 aromatic carbocycles. The van der Waals surface area contributed by atoms with Crippen molar-refractivity contribution in [1.29, 1.82) is 0 Å². The number of hydrogen-bond acceptors (Lipinski definition) is 3. The number of methoxy groups -OCH3 is 1. The van der Waals surface area contributed by atoms with Crippen LogP contribution in [-0.4, -0.2) is 19.1 Å². The van der Waals surface area contributed by atoms with Crippen molar-refractivity contribution in [2.75, 3.05) is 19.1 Å². The Labute approximate surface area is 128 Å². The molecule has 3 nitrogen and oxygen atoms in total. The average Bonchev–Trinajstić information content (AvgIpc) is 2.39. The molecule has 2 rings (SSSR count). The fourth-order valence-corrected chi connectivity index (χ4v) is 2.62. The van der Waals surface area contributed by atoms with Crippen molar-refractivity contribution in [3.63, 3.8) is 0 Å². The van der Waals surface area contributed by atoms with Gasteiger partial charge in [0.1, 0.15) is 11.6 Å². The highest BCUT2D eigenvalue weighted by molar-refractivity contribution is 9.10. The summed E-state index contributed by atoms with van der Waals surface area (Å²) in [6.07, 6.45) is 1.81. The fourth-order valence-electron chi connectivity index (χ4n) is 2.38. The van der Waals surface area contributed by atoms with E-state index >= 15 is 0 Å². The number of pyridine rings is 1. The maximum absolute atomic E-state index is 5.53. The lowest BCUT2D eigenvalue weighted by molar-refractivity contribution is 0.406. The van der Waals surface area contributed by atoms with Crippen molar-refractivity contribution in [1.82, 2.24) is 4.98 Å². The van der Waals surface area contributed by atoms with Gasteiger partial charge in [-0.15, -0.1) is 0 Å².